The Morgan fingerprint density at radius 3 is 2.84 bits per heavy atom. The van der Waals surface area contributed by atoms with Crippen LogP contribution in [0.3, 0.4) is 0 Å². The summed E-state index contributed by atoms with van der Waals surface area (Å²) in [6, 6.07) is 9.45. The largest absolute Gasteiger partial charge is 0.347 e. The number of rotatable bonds is 2. The number of para-hydroxylation sites is 1. The molecule has 0 bridgehead atoms. The Morgan fingerprint density at radius 2 is 2.04 bits per heavy atom. The van der Waals surface area contributed by atoms with Gasteiger partial charge in [-0.3, -0.25) is 19.4 Å². The van der Waals surface area contributed by atoms with Gasteiger partial charge >= 0.3 is 0 Å². The normalized spacial score (nSPS) is 21.8. The number of fused-ring (bicyclic) bond motifs is 2. The van der Waals surface area contributed by atoms with Gasteiger partial charge in [0.15, 0.2) is 0 Å². The highest BCUT2D eigenvalue weighted by atomic mass is 16.2. The highest BCUT2D eigenvalue weighted by molar-refractivity contribution is 6.10. The minimum Gasteiger partial charge on any atom is -0.347 e. The number of hydrogen-bond acceptors (Lipinski definition) is 4. The van der Waals surface area contributed by atoms with Crippen molar-refractivity contribution in [2.24, 2.45) is 0 Å². The molecule has 2 unspecified atom stereocenters. The van der Waals surface area contributed by atoms with E-state index in [1.165, 1.54) is 11.1 Å². The molecule has 1 aromatic heterocycles. The number of nitrogens with one attached hydrogen (secondary N) is 2. The highest BCUT2D eigenvalue weighted by Crippen LogP contribution is 2.28. The quantitative estimate of drug-likeness (QED) is 0.857. The number of amides is 3. The van der Waals surface area contributed by atoms with Crippen LogP contribution < -0.4 is 10.6 Å². The van der Waals surface area contributed by atoms with Gasteiger partial charge in [0.05, 0.1) is 16.8 Å². The molecule has 2 aliphatic rings. The van der Waals surface area contributed by atoms with Gasteiger partial charge in [0, 0.05) is 25.0 Å². The molecular weight excluding hydrogens is 320 g/mol. The van der Waals surface area contributed by atoms with Gasteiger partial charge in [0.2, 0.25) is 5.91 Å². The van der Waals surface area contributed by atoms with E-state index in [9.17, 15) is 14.4 Å². The number of carbonyl (C=O) groups is 3. The molecule has 0 radical (unpaired) electrons. The van der Waals surface area contributed by atoms with E-state index in [0.717, 1.165) is 0 Å². The minimum absolute atomic E-state index is 0.197. The molecule has 3 amide bonds. The molecule has 2 aromatic rings. The predicted molar refractivity (Wildman–Crippen MR) is 90.0 cm³/mol. The molecule has 7 nitrogen and oxygen atoms in total. The van der Waals surface area contributed by atoms with Crippen molar-refractivity contribution in [3.8, 4) is 0 Å². The lowest BCUT2D eigenvalue weighted by atomic mass is 10.1. The second-order valence-electron chi connectivity index (χ2n) is 6.16. The molecule has 2 aliphatic heterocycles. The number of hydrogen-bond donors (Lipinski definition) is 2. The Bertz CT molecular complexity index is 852. The van der Waals surface area contributed by atoms with Gasteiger partial charge in [-0.05, 0) is 30.7 Å². The van der Waals surface area contributed by atoms with Crippen molar-refractivity contribution in [3.63, 3.8) is 0 Å². The fourth-order valence-electron chi connectivity index (χ4n) is 3.33. The third-order valence-electron chi connectivity index (χ3n) is 4.54. The van der Waals surface area contributed by atoms with E-state index in [1.807, 2.05) is 0 Å². The van der Waals surface area contributed by atoms with E-state index in [2.05, 4.69) is 15.6 Å². The standard InChI is InChI=1S/C18H16N4O3/c23-16(11-4-3-7-19-9-11)20-12-8-15-17(24)21-14-6-2-1-5-13(14)18(25)22(15)10-12/h1-7,9,12,15H,8,10H2,(H,20,23)(H,21,24). The van der Waals surface area contributed by atoms with Crippen molar-refractivity contribution in [2.45, 2.75) is 18.5 Å². The topological polar surface area (TPSA) is 91.4 Å². The maximum Gasteiger partial charge on any atom is 0.256 e. The first-order valence-corrected chi connectivity index (χ1v) is 8.05. The Hall–Kier alpha value is -3.22. The number of aromatic nitrogens is 1. The van der Waals surface area contributed by atoms with Crippen LogP contribution in [0.1, 0.15) is 27.1 Å². The summed E-state index contributed by atoms with van der Waals surface area (Å²) in [4.78, 5) is 43.0. The van der Waals surface area contributed by atoms with E-state index in [4.69, 9.17) is 0 Å². The van der Waals surface area contributed by atoms with E-state index in [0.29, 0.717) is 29.8 Å². The van der Waals surface area contributed by atoms with Gasteiger partial charge in [-0.15, -0.1) is 0 Å². The van der Waals surface area contributed by atoms with E-state index >= 15 is 0 Å². The Balaban J connectivity index is 1.54. The van der Waals surface area contributed by atoms with Crippen LogP contribution in [-0.4, -0.2) is 46.2 Å². The zero-order valence-corrected chi connectivity index (χ0v) is 13.3. The summed E-state index contributed by atoms with van der Waals surface area (Å²) in [5, 5.41) is 5.69. The van der Waals surface area contributed by atoms with Crippen LogP contribution in [-0.2, 0) is 4.79 Å². The molecule has 1 fully saturated rings. The van der Waals surface area contributed by atoms with Crippen LogP contribution in [0.25, 0.3) is 0 Å². The third kappa shape index (κ3) is 2.73. The molecule has 1 aromatic carbocycles. The number of benzene rings is 1. The Kier molecular flexibility index (Phi) is 3.68. The zero-order valence-electron chi connectivity index (χ0n) is 13.3. The first kappa shape index (κ1) is 15.3. The predicted octanol–water partition coefficient (Wildman–Crippen LogP) is 1.05. The minimum atomic E-state index is -0.584. The monoisotopic (exact) mass is 336 g/mol. The average molecular weight is 336 g/mol. The second kappa shape index (κ2) is 6.01. The van der Waals surface area contributed by atoms with Crippen LogP contribution in [0.4, 0.5) is 5.69 Å². The fraction of sp³-hybridized carbons (Fsp3) is 0.222. The summed E-state index contributed by atoms with van der Waals surface area (Å²) in [5.41, 5.74) is 1.45. The molecule has 4 rings (SSSR count). The molecule has 7 heteroatoms. The van der Waals surface area contributed by atoms with Crippen molar-refractivity contribution >= 4 is 23.4 Å². The maximum atomic E-state index is 12.8. The molecule has 2 atom stereocenters. The van der Waals surface area contributed by atoms with Crippen molar-refractivity contribution < 1.29 is 14.4 Å². The number of nitrogens with zero attached hydrogens (tertiary/aromatic N) is 2. The molecule has 2 N–H and O–H groups in total. The average Bonchev–Trinajstić information content (AvgIpc) is 3.02. The van der Waals surface area contributed by atoms with E-state index in [-0.39, 0.29) is 23.8 Å². The van der Waals surface area contributed by atoms with Crippen LogP contribution in [0.2, 0.25) is 0 Å². The van der Waals surface area contributed by atoms with Gasteiger partial charge in [-0.2, -0.15) is 0 Å². The van der Waals surface area contributed by atoms with Gasteiger partial charge < -0.3 is 15.5 Å². The Labute approximate surface area is 144 Å². The fourth-order valence-corrected chi connectivity index (χ4v) is 3.33. The lowest BCUT2D eigenvalue weighted by Crippen LogP contribution is -2.41. The molecule has 0 spiro atoms. The molecule has 25 heavy (non-hydrogen) atoms. The van der Waals surface area contributed by atoms with Crippen LogP contribution in [0.15, 0.2) is 48.8 Å². The first-order valence-electron chi connectivity index (χ1n) is 8.05. The Morgan fingerprint density at radius 1 is 1.20 bits per heavy atom. The summed E-state index contributed by atoms with van der Waals surface area (Å²) in [5.74, 6) is -0.683. The molecule has 0 aliphatic carbocycles. The van der Waals surface area contributed by atoms with Crippen LogP contribution >= 0.6 is 0 Å². The smallest absolute Gasteiger partial charge is 0.256 e. The zero-order chi connectivity index (χ0) is 17.4. The second-order valence-corrected chi connectivity index (χ2v) is 6.16. The molecule has 0 saturated carbocycles. The molecule has 3 heterocycles. The summed E-state index contributed by atoms with van der Waals surface area (Å²) >= 11 is 0. The lowest BCUT2D eigenvalue weighted by Gasteiger charge is -2.20. The SMILES string of the molecule is O=C(NC1CC2C(=O)Nc3ccccc3C(=O)N2C1)c1cccnc1. The van der Waals surface area contributed by atoms with Gasteiger partial charge in [-0.25, -0.2) is 0 Å². The van der Waals surface area contributed by atoms with Crippen LogP contribution in [0, 0.1) is 0 Å². The molecular formula is C18H16N4O3. The van der Waals surface area contributed by atoms with Gasteiger partial charge in [0.25, 0.3) is 11.8 Å². The number of anilines is 1. The lowest BCUT2D eigenvalue weighted by molar-refractivity contribution is -0.119. The van der Waals surface area contributed by atoms with Crippen molar-refractivity contribution in [3.05, 3.63) is 59.9 Å². The number of carbonyl (C=O) groups excluding carboxylic acids is 3. The van der Waals surface area contributed by atoms with Crippen molar-refractivity contribution in [1.82, 2.24) is 15.2 Å². The summed E-state index contributed by atoms with van der Waals surface area (Å²) in [6.07, 6.45) is 3.46. The summed E-state index contributed by atoms with van der Waals surface area (Å²) in [6.45, 7) is 0.303. The number of pyridine rings is 1. The summed E-state index contributed by atoms with van der Waals surface area (Å²) < 4.78 is 0. The van der Waals surface area contributed by atoms with Crippen molar-refractivity contribution in [2.75, 3.05) is 11.9 Å². The highest BCUT2D eigenvalue weighted by Gasteiger charge is 2.43. The van der Waals surface area contributed by atoms with E-state index in [1.54, 1.807) is 42.6 Å². The molecule has 1 saturated heterocycles. The van der Waals surface area contributed by atoms with Crippen LogP contribution in [0.5, 0.6) is 0 Å². The van der Waals surface area contributed by atoms with Gasteiger partial charge in [-0.1, -0.05) is 12.1 Å². The van der Waals surface area contributed by atoms with Gasteiger partial charge in [0.1, 0.15) is 6.04 Å². The van der Waals surface area contributed by atoms with E-state index < -0.39 is 6.04 Å². The molecule has 126 valence electrons. The third-order valence-corrected chi connectivity index (χ3v) is 4.54. The first-order chi connectivity index (χ1) is 12.1. The van der Waals surface area contributed by atoms with Crippen molar-refractivity contribution in [1.29, 1.82) is 0 Å². The maximum absolute atomic E-state index is 12.8. The summed E-state index contributed by atoms with van der Waals surface area (Å²) in [7, 11) is 0.